The average molecular weight is 267 g/mol. The Morgan fingerprint density at radius 2 is 1.95 bits per heavy atom. The Hall–Kier alpha value is -1.10. The van der Waals surface area contributed by atoms with Crippen molar-refractivity contribution >= 4 is 5.69 Å². The molecule has 1 aromatic rings. The first-order valence-electron chi connectivity index (χ1n) is 6.72. The molecule has 1 atom stereocenters. The molecule has 0 spiro atoms. The van der Waals surface area contributed by atoms with Crippen LogP contribution < -0.4 is 5.32 Å². The Morgan fingerprint density at radius 3 is 2.63 bits per heavy atom. The summed E-state index contributed by atoms with van der Waals surface area (Å²) in [6, 6.07) is 8.17. The fraction of sp³-hybridized carbons (Fsp3) is 0.600. The standard InChI is InChI=1S/C15H25NO3/c1-12(2)14-6-4-5-7-15(14)16-10-13(17)11-19-9-8-18-3/h4-7,12-13,16-17H,8-11H2,1-3H3. The van der Waals surface area contributed by atoms with Gasteiger partial charge >= 0.3 is 0 Å². The third-order valence-corrected chi connectivity index (χ3v) is 2.85. The molecule has 0 aliphatic carbocycles. The van der Waals surface area contributed by atoms with Crippen molar-refractivity contribution in [3.05, 3.63) is 29.8 Å². The Bertz CT molecular complexity index is 355. The summed E-state index contributed by atoms with van der Waals surface area (Å²) >= 11 is 0. The second-order valence-corrected chi connectivity index (χ2v) is 4.84. The number of ether oxygens (including phenoxy) is 2. The van der Waals surface area contributed by atoms with E-state index < -0.39 is 6.10 Å². The number of hydrogen-bond acceptors (Lipinski definition) is 4. The van der Waals surface area contributed by atoms with Gasteiger partial charge in [-0.2, -0.15) is 0 Å². The van der Waals surface area contributed by atoms with Crippen LogP contribution in [0.1, 0.15) is 25.3 Å². The molecule has 0 amide bonds. The van der Waals surface area contributed by atoms with Gasteiger partial charge in [-0.1, -0.05) is 32.0 Å². The van der Waals surface area contributed by atoms with Crippen LogP contribution in [0.2, 0.25) is 0 Å². The van der Waals surface area contributed by atoms with E-state index in [1.807, 2.05) is 18.2 Å². The quantitative estimate of drug-likeness (QED) is 0.674. The van der Waals surface area contributed by atoms with E-state index in [2.05, 4.69) is 25.2 Å². The van der Waals surface area contributed by atoms with Crippen LogP contribution in [0, 0.1) is 0 Å². The van der Waals surface area contributed by atoms with E-state index in [0.717, 1.165) is 5.69 Å². The van der Waals surface area contributed by atoms with Gasteiger partial charge in [0.25, 0.3) is 0 Å². The summed E-state index contributed by atoms with van der Waals surface area (Å²) in [5.74, 6) is 0.457. The fourth-order valence-electron chi connectivity index (χ4n) is 1.81. The molecule has 0 saturated carbocycles. The predicted octanol–water partition coefficient (Wildman–Crippen LogP) is 2.25. The minimum absolute atomic E-state index is 0.320. The second-order valence-electron chi connectivity index (χ2n) is 4.84. The van der Waals surface area contributed by atoms with Crippen LogP contribution in [0.25, 0.3) is 0 Å². The summed E-state index contributed by atoms with van der Waals surface area (Å²) in [6.45, 7) is 6.18. The number of rotatable bonds is 9. The molecule has 0 saturated heterocycles. The molecular weight excluding hydrogens is 242 g/mol. The molecule has 0 bridgehead atoms. The Balaban J connectivity index is 2.35. The largest absolute Gasteiger partial charge is 0.389 e. The van der Waals surface area contributed by atoms with Crippen LogP contribution in [0.5, 0.6) is 0 Å². The van der Waals surface area contributed by atoms with Gasteiger partial charge in [0.2, 0.25) is 0 Å². The van der Waals surface area contributed by atoms with Crippen LogP contribution in [-0.2, 0) is 9.47 Å². The van der Waals surface area contributed by atoms with Gasteiger partial charge in [-0.25, -0.2) is 0 Å². The number of anilines is 1. The molecule has 108 valence electrons. The van der Waals surface area contributed by atoms with E-state index >= 15 is 0 Å². The molecule has 1 rings (SSSR count). The maximum absolute atomic E-state index is 9.81. The minimum Gasteiger partial charge on any atom is -0.389 e. The van der Waals surface area contributed by atoms with E-state index in [4.69, 9.17) is 9.47 Å². The first-order chi connectivity index (χ1) is 9.15. The lowest BCUT2D eigenvalue weighted by molar-refractivity contribution is 0.0182. The van der Waals surface area contributed by atoms with Gasteiger partial charge in [-0.05, 0) is 17.5 Å². The number of hydrogen-bond donors (Lipinski definition) is 2. The van der Waals surface area contributed by atoms with Crippen molar-refractivity contribution in [1.29, 1.82) is 0 Å². The highest BCUT2D eigenvalue weighted by atomic mass is 16.5. The van der Waals surface area contributed by atoms with Gasteiger partial charge in [-0.3, -0.25) is 0 Å². The van der Waals surface area contributed by atoms with Crippen molar-refractivity contribution in [1.82, 2.24) is 0 Å². The van der Waals surface area contributed by atoms with E-state index in [0.29, 0.717) is 32.3 Å². The lowest BCUT2D eigenvalue weighted by Crippen LogP contribution is -2.26. The summed E-state index contributed by atoms with van der Waals surface area (Å²) in [4.78, 5) is 0. The Labute approximate surface area is 115 Å². The van der Waals surface area contributed by atoms with Crippen LogP contribution in [0.15, 0.2) is 24.3 Å². The molecule has 19 heavy (non-hydrogen) atoms. The maximum Gasteiger partial charge on any atom is 0.0945 e. The molecule has 0 aromatic heterocycles. The van der Waals surface area contributed by atoms with Gasteiger partial charge in [0.15, 0.2) is 0 Å². The van der Waals surface area contributed by atoms with E-state index in [9.17, 15) is 5.11 Å². The van der Waals surface area contributed by atoms with Crippen molar-refractivity contribution in [2.45, 2.75) is 25.9 Å². The average Bonchev–Trinajstić information content (AvgIpc) is 2.41. The van der Waals surface area contributed by atoms with E-state index in [1.54, 1.807) is 7.11 Å². The second kappa shape index (κ2) is 8.91. The van der Waals surface area contributed by atoms with Crippen molar-refractivity contribution in [3.8, 4) is 0 Å². The molecule has 4 nitrogen and oxygen atoms in total. The molecule has 0 aliphatic heterocycles. The van der Waals surface area contributed by atoms with Crippen LogP contribution in [0.3, 0.4) is 0 Å². The first-order valence-corrected chi connectivity index (χ1v) is 6.72. The molecule has 0 fully saturated rings. The Kier molecular flexibility index (Phi) is 7.48. The summed E-state index contributed by atoms with van der Waals surface area (Å²) in [7, 11) is 1.63. The first kappa shape index (κ1) is 16.0. The van der Waals surface area contributed by atoms with Crippen LogP contribution in [0.4, 0.5) is 5.69 Å². The molecule has 1 aromatic carbocycles. The molecule has 4 heteroatoms. The zero-order chi connectivity index (χ0) is 14.1. The highest BCUT2D eigenvalue weighted by Gasteiger charge is 2.08. The molecule has 0 radical (unpaired) electrons. The Morgan fingerprint density at radius 1 is 1.21 bits per heavy atom. The van der Waals surface area contributed by atoms with Crippen LogP contribution in [-0.4, -0.2) is 44.7 Å². The van der Waals surface area contributed by atoms with E-state index in [1.165, 1.54) is 5.56 Å². The maximum atomic E-state index is 9.81. The third kappa shape index (κ3) is 6.05. The van der Waals surface area contributed by atoms with Crippen molar-refractivity contribution in [2.24, 2.45) is 0 Å². The fourth-order valence-corrected chi connectivity index (χ4v) is 1.81. The van der Waals surface area contributed by atoms with Gasteiger partial charge in [0.05, 0.1) is 25.9 Å². The molecule has 1 unspecified atom stereocenters. The number of aliphatic hydroxyl groups is 1. The van der Waals surface area contributed by atoms with Gasteiger partial charge in [0, 0.05) is 19.3 Å². The summed E-state index contributed by atoms with van der Waals surface area (Å²) in [5.41, 5.74) is 2.34. The lowest BCUT2D eigenvalue weighted by atomic mass is 10.0. The topological polar surface area (TPSA) is 50.7 Å². The van der Waals surface area contributed by atoms with Crippen molar-refractivity contribution in [2.75, 3.05) is 38.8 Å². The minimum atomic E-state index is -0.517. The zero-order valence-electron chi connectivity index (χ0n) is 12.1. The molecule has 0 heterocycles. The number of methoxy groups -OCH3 is 1. The number of para-hydroxylation sites is 1. The van der Waals surface area contributed by atoms with Crippen LogP contribution >= 0.6 is 0 Å². The third-order valence-electron chi connectivity index (χ3n) is 2.85. The molecule has 2 N–H and O–H groups in total. The molecule has 0 aliphatic rings. The lowest BCUT2D eigenvalue weighted by Gasteiger charge is -2.17. The predicted molar refractivity (Wildman–Crippen MR) is 77.7 cm³/mol. The summed E-state index contributed by atoms with van der Waals surface area (Å²) < 4.78 is 10.2. The monoisotopic (exact) mass is 267 g/mol. The number of nitrogens with one attached hydrogen (secondary N) is 1. The van der Waals surface area contributed by atoms with E-state index in [-0.39, 0.29) is 0 Å². The van der Waals surface area contributed by atoms with Gasteiger partial charge in [-0.15, -0.1) is 0 Å². The van der Waals surface area contributed by atoms with Crippen molar-refractivity contribution in [3.63, 3.8) is 0 Å². The SMILES string of the molecule is COCCOCC(O)CNc1ccccc1C(C)C. The summed E-state index contributed by atoms with van der Waals surface area (Å²) in [6.07, 6.45) is -0.517. The smallest absolute Gasteiger partial charge is 0.0945 e. The van der Waals surface area contributed by atoms with Gasteiger partial charge in [0.1, 0.15) is 0 Å². The highest BCUT2D eigenvalue weighted by molar-refractivity contribution is 5.52. The normalized spacial score (nSPS) is 12.7. The highest BCUT2D eigenvalue weighted by Crippen LogP contribution is 2.23. The summed E-state index contributed by atoms with van der Waals surface area (Å²) in [5, 5.41) is 13.1. The van der Waals surface area contributed by atoms with Crippen molar-refractivity contribution < 1.29 is 14.6 Å². The zero-order valence-corrected chi connectivity index (χ0v) is 12.1. The number of aliphatic hydroxyl groups excluding tert-OH is 1. The van der Waals surface area contributed by atoms with Gasteiger partial charge < -0.3 is 19.9 Å². The number of benzene rings is 1. The molecular formula is C15H25NO3.